The number of nitrogen functional groups attached to an aromatic ring is 1. The molecule has 0 atom stereocenters. The highest BCUT2D eigenvalue weighted by molar-refractivity contribution is 7.99. The second-order valence-corrected chi connectivity index (χ2v) is 8.67. The summed E-state index contributed by atoms with van der Waals surface area (Å²) in [6, 6.07) is 0. The van der Waals surface area contributed by atoms with E-state index in [1.54, 1.807) is 4.68 Å². The number of hydrogen-bond acceptors (Lipinski definition) is 8. The van der Waals surface area contributed by atoms with Crippen LogP contribution in [0.15, 0.2) is 14.7 Å². The maximum absolute atomic E-state index is 13.1. The summed E-state index contributed by atoms with van der Waals surface area (Å²) in [5, 5.41) is 12.2. The zero-order valence-electron chi connectivity index (χ0n) is 18.6. The largest absolute Gasteiger partial charge is 0.383 e. The van der Waals surface area contributed by atoms with Gasteiger partial charge in [0.2, 0.25) is 11.1 Å². The van der Waals surface area contributed by atoms with Crippen LogP contribution >= 0.6 is 11.8 Å². The van der Waals surface area contributed by atoms with Crippen molar-refractivity contribution in [3.05, 3.63) is 20.8 Å². The number of amides is 1. The lowest BCUT2D eigenvalue weighted by Crippen LogP contribution is -2.42. The van der Waals surface area contributed by atoms with Crippen LogP contribution in [0.2, 0.25) is 0 Å². The van der Waals surface area contributed by atoms with Crippen LogP contribution < -0.4 is 21.9 Å². The summed E-state index contributed by atoms with van der Waals surface area (Å²) in [4.78, 5) is 41.7. The normalized spacial score (nSPS) is 11.3. The summed E-state index contributed by atoms with van der Waals surface area (Å²) in [6.45, 7) is 9.43. The first kappa shape index (κ1) is 24.6. The second kappa shape index (κ2) is 11.7. The minimum Gasteiger partial charge on any atom is -0.383 e. The maximum atomic E-state index is 13.1. The number of unbranched alkanes of at least 4 members (excludes halogenated alkanes) is 2. The minimum atomic E-state index is -0.658. The van der Waals surface area contributed by atoms with Gasteiger partial charge in [0.15, 0.2) is 5.69 Å². The molecule has 0 aliphatic carbocycles. The SMILES string of the molecule is CCCCN(C(=O)CSc1nnnn1CC(C)C)c1c(N)n(CCCC)c(=O)[nH]c1=O. The van der Waals surface area contributed by atoms with Crippen LogP contribution in [0.5, 0.6) is 0 Å². The summed E-state index contributed by atoms with van der Waals surface area (Å²) in [6.07, 6.45) is 3.11. The van der Waals surface area contributed by atoms with E-state index in [9.17, 15) is 14.4 Å². The molecule has 0 radical (unpaired) electrons. The molecule has 2 aromatic rings. The molecule has 0 fully saturated rings. The third-order valence-corrected chi connectivity index (χ3v) is 5.56. The Morgan fingerprint density at radius 2 is 1.94 bits per heavy atom. The number of carbonyl (C=O) groups excluding carboxylic acids is 1. The smallest absolute Gasteiger partial charge is 0.330 e. The fourth-order valence-electron chi connectivity index (χ4n) is 3.02. The molecule has 3 N–H and O–H groups in total. The number of thioether (sulfide) groups is 1. The van der Waals surface area contributed by atoms with Crippen molar-refractivity contribution in [3.8, 4) is 0 Å². The third-order valence-electron chi connectivity index (χ3n) is 4.62. The van der Waals surface area contributed by atoms with Crippen LogP contribution in [0.3, 0.4) is 0 Å². The van der Waals surface area contributed by atoms with E-state index in [0.29, 0.717) is 37.1 Å². The Balaban J connectivity index is 2.31. The zero-order chi connectivity index (χ0) is 23.0. The monoisotopic (exact) mass is 452 g/mol. The molecule has 0 spiro atoms. The highest BCUT2D eigenvalue weighted by atomic mass is 32.2. The Morgan fingerprint density at radius 1 is 1.23 bits per heavy atom. The lowest BCUT2D eigenvalue weighted by atomic mass is 10.2. The van der Waals surface area contributed by atoms with Gasteiger partial charge in [0.25, 0.3) is 5.56 Å². The quantitative estimate of drug-likeness (QED) is 0.461. The van der Waals surface area contributed by atoms with Crippen molar-refractivity contribution in [1.29, 1.82) is 0 Å². The first-order valence-electron chi connectivity index (χ1n) is 10.6. The molecule has 1 amide bonds. The Morgan fingerprint density at radius 3 is 2.58 bits per heavy atom. The van der Waals surface area contributed by atoms with Crippen LogP contribution in [0.4, 0.5) is 11.5 Å². The van der Waals surface area contributed by atoms with Gasteiger partial charge in [-0.05, 0) is 29.2 Å². The minimum absolute atomic E-state index is 0.0151. The van der Waals surface area contributed by atoms with E-state index in [0.717, 1.165) is 19.3 Å². The lowest BCUT2D eigenvalue weighted by molar-refractivity contribution is -0.116. The molecule has 2 heterocycles. The number of H-pyrrole nitrogens is 1. The van der Waals surface area contributed by atoms with Gasteiger partial charge in [0, 0.05) is 19.6 Å². The predicted molar refractivity (Wildman–Crippen MR) is 121 cm³/mol. The highest BCUT2D eigenvalue weighted by Crippen LogP contribution is 2.21. The Bertz CT molecular complexity index is 981. The van der Waals surface area contributed by atoms with Crippen LogP contribution in [0.25, 0.3) is 0 Å². The van der Waals surface area contributed by atoms with E-state index >= 15 is 0 Å². The van der Waals surface area contributed by atoms with Crippen molar-refractivity contribution < 1.29 is 4.79 Å². The van der Waals surface area contributed by atoms with Crippen LogP contribution in [-0.2, 0) is 17.9 Å². The van der Waals surface area contributed by atoms with Gasteiger partial charge in [-0.1, -0.05) is 52.3 Å². The molecule has 2 rings (SSSR count). The number of aromatic amines is 1. The summed E-state index contributed by atoms with van der Waals surface area (Å²) in [7, 11) is 0. The molecule has 12 heteroatoms. The molecular weight excluding hydrogens is 420 g/mol. The molecule has 0 bridgehead atoms. The van der Waals surface area contributed by atoms with Crippen LogP contribution in [-0.4, -0.2) is 48.0 Å². The standard InChI is InChI=1S/C19H32N8O3S/c1-5-7-9-25(14(28)12-31-19-22-23-24-27(19)11-13(3)4)15-16(20)26(10-8-6-2)18(30)21-17(15)29/h13H,5-12,20H2,1-4H3,(H,21,29,30). The first-order valence-corrected chi connectivity index (χ1v) is 11.6. The van der Waals surface area contributed by atoms with E-state index in [-0.39, 0.29) is 23.2 Å². The van der Waals surface area contributed by atoms with Gasteiger partial charge in [0.05, 0.1) is 5.75 Å². The van der Waals surface area contributed by atoms with Crippen LogP contribution in [0, 0.1) is 5.92 Å². The highest BCUT2D eigenvalue weighted by Gasteiger charge is 2.24. The zero-order valence-corrected chi connectivity index (χ0v) is 19.4. The van der Waals surface area contributed by atoms with Gasteiger partial charge in [0.1, 0.15) is 5.82 Å². The average Bonchev–Trinajstić information content (AvgIpc) is 3.14. The second-order valence-electron chi connectivity index (χ2n) is 7.72. The number of hydrogen-bond donors (Lipinski definition) is 2. The average molecular weight is 453 g/mol. The number of rotatable bonds is 12. The topological polar surface area (TPSA) is 145 Å². The van der Waals surface area contributed by atoms with Crippen molar-refractivity contribution in [2.75, 3.05) is 22.9 Å². The Labute approximate surface area is 185 Å². The summed E-state index contributed by atoms with van der Waals surface area (Å²) >= 11 is 1.21. The van der Waals surface area contributed by atoms with Gasteiger partial charge in [-0.2, -0.15) is 0 Å². The summed E-state index contributed by atoms with van der Waals surface area (Å²) in [5.74, 6) is 0.105. The molecule has 11 nitrogen and oxygen atoms in total. The van der Waals surface area contributed by atoms with Gasteiger partial charge < -0.3 is 10.6 Å². The number of aromatic nitrogens is 6. The van der Waals surface area contributed by atoms with Crippen molar-refractivity contribution in [2.24, 2.45) is 5.92 Å². The van der Waals surface area contributed by atoms with Gasteiger partial charge in [-0.25, -0.2) is 9.48 Å². The molecule has 0 aliphatic rings. The van der Waals surface area contributed by atoms with E-state index in [4.69, 9.17) is 5.73 Å². The Hall–Kier alpha value is -2.63. The molecule has 0 aromatic carbocycles. The van der Waals surface area contributed by atoms with Crippen molar-refractivity contribution in [2.45, 2.75) is 71.6 Å². The number of nitrogens with two attached hydrogens (primary N) is 1. The number of tetrazole rings is 1. The molecule has 0 saturated heterocycles. The number of anilines is 2. The van der Waals surface area contributed by atoms with E-state index in [1.165, 1.54) is 21.2 Å². The fraction of sp³-hybridized carbons (Fsp3) is 0.684. The van der Waals surface area contributed by atoms with E-state index in [2.05, 4.69) is 34.4 Å². The van der Waals surface area contributed by atoms with Gasteiger partial charge in [-0.3, -0.25) is 19.1 Å². The van der Waals surface area contributed by atoms with Gasteiger partial charge >= 0.3 is 5.69 Å². The number of nitrogens with one attached hydrogen (secondary N) is 1. The molecular formula is C19H32N8O3S. The molecule has 0 saturated carbocycles. The van der Waals surface area contributed by atoms with Gasteiger partial charge in [-0.15, -0.1) is 5.10 Å². The van der Waals surface area contributed by atoms with Crippen molar-refractivity contribution in [3.63, 3.8) is 0 Å². The lowest BCUT2D eigenvalue weighted by Gasteiger charge is -2.24. The van der Waals surface area contributed by atoms with Crippen LogP contribution in [0.1, 0.15) is 53.4 Å². The number of carbonyl (C=O) groups is 1. The molecule has 31 heavy (non-hydrogen) atoms. The fourth-order valence-corrected chi connectivity index (χ4v) is 3.78. The van der Waals surface area contributed by atoms with E-state index < -0.39 is 11.2 Å². The predicted octanol–water partition coefficient (Wildman–Crippen LogP) is 1.49. The number of nitrogens with zero attached hydrogens (tertiary/aromatic N) is 6. The molecule has 2 aromatic heterocycles. The van der Waals surface area contributed by atoms with Crippen molar-refractivity contribution >= 4 is 29.2 Å². The maximum Gasteiger partial charge on any atom is 0.330 e. The van der Waals surface area contributed by atoms with E-state index in [1.807, 2.05) is 13.8 Å². The third kappa shape index (κ3) is 6.42. The molecule has 0 aliphatic heterocycles. The first-order chi connectivity index (χ1) is 14.8. The van der Waals surface area contributed by atoms with Crippen molar-refractivity contribution in [1.82, 2.24) is 29.8 Å². The summed E-state index contributed by atoms with van der Waals surface area (Å²) in [5.41, 5.74) is 5.01. The Kier molecular flexibility index (Phi) is 9.28. The summed E-state index contributed by atoms with van der Waals surface area (Å²) < 4.78 is 2.98. The molecule has 172 valence electrons. The molecule has 0 unspecified atom stereocenters.